The van der Waals surface area contributed by atoms with Gasteiger partial charge in [0.05, 0.1) is 22.4 Å². The van der Waals surface area contributed by atoms with Gasteiger partial charge in [0.2, 0.25) is 11.8 Å². The topological polar surface area (TPSA) is 149 Å². The first-order valence-electron chi connectivity index (χ1n) is 10.4. The highest BCUT2D eigenvalue weighted by Gasteiger charge is 2.30. The van der Waals surface area contributed by atoms with Crippen molar-refractivity contribution in [2.75, 3.05) is 4.90 Å². The zero-order valence-electron chi connectivity index (χ0n) is 18.5. The summed E-state index contributed by atoms with van der Waals surface area (Å²) in [5.74, 6) is -3.41. The van der Waals surface area contributed by atoms with Crippen LogP contribution < -0.4 is 4.90 Å². The Morgan fingerprint density at radius 1 is 0.556 bits per heavy atom. The molecule has 4 rings (SSSR count). The van der Waals surface area contributed by atoms with Crippen LogP contribution in [0.5, 0.6) is 0 Å². The second-order valence-corrected chi connectivity index (χ2v) is 9.58. The lowest BCUT2D eigenvalue weighted by molar-refractivity contribution is -0.121. The minimum Gasteiger partial charge on any atom is -0.478 e. The molecule has 3 aromatic rings. The van der Waals surface area contributed by atoms with Gasteiger partial charge >= 0.3 is 17.9 Å². The van der Waals surface area contributed by atoms with Crippen molar-refractivity contribution < 1.29 is 39.3 Å². The molecule has 1 saturated heterocycles. The van der Waals surface area contributed by atoms with Gasteiger partial charge in [-0.2, -0.15) is 0 Å². The van der Waals surface area contributed by atoms with Crippen LogP contribution in [0.15, 0.2) is 82.6 Å². The molecular formula is C25H19NO8S2. The van der Waals surface area contributed by atoms with E-state index in [-0.39, 0.29) is 41.3 Å². The van der Waals surface area contributed by atoms with Gasteiger partial charge in [-0.05, 0) is 72.8 Å². The summed E-state index contributed by atoms with van der Waals surface area (Å²) in [4.78, 5) is 57.8. The number of amides is 2. The normalized spacial score (nSPS) is 12.6. The number of benzene rings is 3. The standard InChI is InChI=1S/C14H10O4S2.C11H9NO4/c15-13(16)9-1-5-11(6-2-9)19-20-12-7-3-10(4-8-12)14(17)18;13-9-5-6-10(14)12(9)8-3-1-7(2-4-8)11(15)16/h1-8H,(H,15,16)(H,17,18);1-4H,5-6H2,(H,15,16). The zero-order chi connectivity index (χ0) is 26.2. The van der Waals surface area contributed by atoms with Crippen LogP contribution in [-0.4, -0.2) is 45.0 Å². The maximum absolute atomic E-state index is 11.4. The minimum atomic E-state index is -1.04. The van der Waals surface area contributed by atoms with Gasteiger partial charge < -0.3 is 15.3 Å². The third-order valence-corrected chi connectivity index (χ3v) is 7.28. The van der Waals surface area contributed by atoms with Crippen LogP contribution in [0.1, 0.15) is 43.9 Å². The largest absolute Gasteiger partial charge is 0.478 e. The maximum atomic E-state index is 11.4. The Morgan fingerprint density at radius 3 is 1.17 bits per heavy atom. The predicted octanol–water partition coefficient (Wildman–Crippen LogP) is 4.92. The second-order valence-electron chi connectivity index (χ2n) is 7.30. The summed E-state index contributed by atoms with van der Waals surface area (Å²) in [5.41, 5.74) is 1.07. The number of nitrogens with zero attached hydrogens (tertiary/aromatic N) is 1. The number of hydrogen-bond donors (Lipinski definition) is 3. The number of rotatable bonds is 7. The third kappa shape index (κ3) is 6.96. The smallest absolute Gasteiger partial charge is 0.335 e. The molecule has 0 atom stereocenters. The van der Waals surface area contributed by atoms with Crippen molar-refractivity contribution >= 4 is 57.0 Å². The van der Waals surface area contributed by atoms with Gasteiger partial charge in [0.15, 0.2) is 0 Å². The molecule has 0 aromatic heterocycles. The highest BCUT2D eigenvalue weighted by atomic mass is 33.1. The van der Waals surface area contributed by atoms with Gasteiger partial charge in [0.1, 0.15) is 0 Å². The van der Waals surface area contributed by atoms with E-state index in [2.05, 4.69) is 0 Å². The van der Waals surface area contributed by atoms with Gasteiger partial charge in [-0.25, -0.2) is 14.4 Å². The van der Waals surface area contributed by atoms with E-state index < -0.39 is 17.9 Å². The Bertz CT molecular complexity index is 1220. The molecule has 1 fully saturated rings. The third-order valence-electron chi connectivity index (χ3n) is 4.86. The summed E-state index contributed by atoms with van der Waals surface area (Å²) < 4.78 is 0. The Balaban J connectivity index is 0.000000205. The molecule has 1 aliphatic heterocycles. The van der Waals surface area contributed by atoms with Crippen LogP contribution in [0.3, 0.4) is 0 Å². The molecule has 9 nitrogen and oxygen atoms in total. The lowest BCUT2D eigenvalue weighted by atomic mass is 10.2. The molecule has 0 bridgehead atoms. The molecule has 0 unspecified atom stereocenters. The van der Waals surface area contributed by atoms with E-state index in [0.29, 0.717) is 5.69 Å². The molecule has 3 N–H and O–H groups in total. The highest BCUT2D eigenvalue weighted by molar-refractivity contribution is 8.76. The number of carboxylic acids is 3. The van der Waals surface area contributed by atoms with Crippen molar-refractivity contribution in [1.29, 1.82) is 0 Å². The number of anilines is 1. The molecule has 3 aromatic carbocycles. The van der Waals surface area contributed by atoms with Crippen LogP contribution in [0, 0.1) is 0 Å². The molecule has 11 heteroatoms. The molecule has 36 heavy (non-hydrogen) atoms. The van der Waals surface area contributed by atoms with Crippen molar-refractivity contribution in [2.24, 2.45) is 0 Å². The van der Waals surface area contributed by atoms with E-state index in [1.807, 2.05) is 0 Å². The fourth-order valence-electron chi connectivity index (χ4n) is 3.02. The first kappa shape index (κ1) is 26.5. The fraction of sp³-hybridized carbons (Fsp3) is 0.0800. The lowest BCUT2D eigenvalue weighted by Gasteiger charge is -2.13. The molecular weight excluding hydrogens is 506 g/mol. The van der Waals surface area contributed by atoms with Crippen LogP contribution >= 0.6 is 21.6 Å². The van der Waals surface area contributed by atoms with Crippen LogP contribution in [0.4, 0.5) is 5.69 Å². The van der Waals surface area contributed by atoms with Crippen LogP contribution in [0.2, 0.25) is 0 Å². The monoisotopic (exact) mass is 525 g/mol. The summed E-state index contributed by atoms with van der Waals surface area (Å²) in [6.07, 6.45) is 0.443. The summed E-state index contributed by atoms with van der Waals surface area (Å²) >= 11 is 0. The van der Waals surface area contributed by atoms with E-state index in [0.717, 1.165) is 14.7 Å². The molecule has 184 valence electrons. The van der Waals surface area contributed by atoms with Gasteiger partial charge in [-0.1, -0.05) is 21.6 Å². The zero-order valence-corrected chi connectivity index (χ0v) is 20.1. The SMILES string of the molecule is O=C(O)c1ccc(N2C(=O)CCC2=O)cc1.O=C(O)c1ccc(SSc2ccc(C(=O)O)cc2)cc1. The molecule has 2 amide bonds. The maximum Gasteiger partial charge on any atom is 0.335 e. The quantitative estimate of drug-likeness (QED) is 0.286. The Morgan fingerprint density at radius 2 is 0.861 bits per heavy atom. The lowest BCUT2D eigenvalue weighted by Crippen LogP contribution is -2.28. The van der Waals surface area contributed by atoms with E-state index in [9.17, 15) is 24.0 Å². The minimum absolute atomic E-state index is 0.128. The Hall–Kier alpha value is -4.09. The van der Waals surface area contributed by atoms with Gasteiger partial charge in [0.25, 0.3) is 0 Å². The number of carboxylic acid groups (broad SMARTS) is 3. The van der Waals surface area contributed by atoms with E-state index >= 15 is 0 Å². The Labute approximate surface area is 213 Å². The summed E-state index contributed by atoms with van der Waals surface area (Å²) in [7, 11) is 2.97. The van der Waals surface area contributed by atoms with Crippen LogP contribution in [0.25, 0.3) is 0 Å². The molecule has 0 saturated carbocycles. The molecule has 0 radical (unpaired) electrons. The summed E-state index contributed by atoms with van der Waals surface area (Å²) in [6.45, 7) is 0. The molecule has 0 aliphatic carbocycles. The molecule has 1 aliphatic rings. The first-order chi connectivity index (χ1) is 17.2. The van der Waals surface area contributed by atoms with Crippen molar-refractivity contribution in [3.63, 3.8) is 0 Å². The molecule has 1 heterocycles. The van der Waals surface area contributed by atoms with E-state index in [1.165, 1.54) is 45.9 Å². The molecule has 0 spiro atoms. The number of hydrogen-bond acceptors (Lipinski definition) is 7. The summed E-state index contributed by atoms with van der Waals surface area (Å²) in [6, 6.07) is 18.9. The average molecular weight is 526 g/mol. The average Bonchev–Trinajstić information content (AvgIpc) is 3.21. The van der Waals surface area contributed by atoms with E-state index in [1.54, 1.807) is 48.5 Å². The number of imide groups is 1. The number of carbonyl (C=O) groups is 5. The van der Waals surface area contributed by atoms with Gasteiger partial charge in [0, 0.05) is 22.6 Å². The van der Waals surface area contributed by atoms with Crippen molar-refractivity contribution in [1.82, 2.24) is 0 Å². The highest BCUT2D eigenvalue weighted by Crippen LogP contribution is 2.37. The summed E-state index contributed by atoms with van der Waals surface area (Å²) in [5, 5.41) is 26.3. The number of carbonyl (C=O) groups excluding carboxylic acids is 2. The van der Waals surface area contributed by atoms with Crippen molar-refractivity contribution in [2.45, 2.75) is 22.6 Å². The van der Waals surface area contributed by atoms with E-state index in [4.69, 9.17) is 15.3 Å². The second kappa shape index (κ2) is 12.0. The van der Waals surface area contributed by atoms with Gasteiger partial charge in [-0.15, -0.1) is 0 Å². The van der Waals surface area contributed by atoms with Crippen molar-refractivity contribution in [3.05, 3.63) is 89.5 Å². The number of aromatic carboxylic acids is 3. The first-order valence-corrected chi connectivity index (χ1v) is 12.5. The fourth-order valence-corrected chi connectivity index (χ4v) is 4.95. The van der Waals surface area contributed by atoms with Crippen molar-refractivity contribution in [3.8, 4) is 0 Å². The Kier molecular flexibility index (Phi) is 8.87. The predicted molar refractivity (Wildman–Crippen MR) is 134 cm³/mol. The van der Waals surface area contributed by atoms with Gasteiger partial charge in [-0.3, -0.25) is 14.5 Å². The van der Waals surface area contributed by atoms with Crippen LogP contribution in [-0.2, 0) is 9.59 Å².